The lowest BCUT2D eigenvalue weighted by Crippen LogP contribution is -2.10. The van der Waals surface area contributed by atoms with Crippen molar-refractivity contribution in [3.63, 3.8) is 0 Å². The van der Waals surface area contributed by atoms with E-state index in [9.17, 15) is 4.39 Å². The molecule has 1 aromatic carbocycles. The second-order valence-corrected chi connectivity index (χ2v) is 5.10. The van der Waals surface area contributed by atoms with Gasteiger partial charge in [-0.05, 0) is 30.3 Å². The van der Waals surface area contributed by atoms with Crippen LogP contribution in [0.5, 0.6) is 0 Å². The van der Waals surface area contributed by atoms with Crippen LogP contribution in [0.3, 0.4) is 0 Å². The molecule has 2 heterocycles. The smallest absolute Gasteiger partial charge is 0.183 e. The first-order valence-corrected chi connectivity index (χ1v) is 7.12. The van der Waals surface area contributed by atoms with Crippen LogP contribution in [0.1, 0.15) is 0 Å². The summed E-state index contributed by atoms with van der Waals surface area (Å²) < 4.78 is 14.7. The van der Waals surface area contributed by atoms with Crippen molar-refractivity contribution in [2.24, 2.45) is 0 Å². The number of hydrogen-bond acceptors (Lipinski definition) is 4. The number of benzene rings is 1. The fourth-order valence-corrected chi connectivity index (χ4v) is 2.57. The van der Waals surface area contributed by atoms with Crippen LogP contribution in [0.4, 0.5) is 9.52 Å². The standard InChI is InChI=1S/C14H13FN4S/c15-12-4-2-11(3-5-12)13-10-20-14(18-13)16-7-9-19-8-1-6-17-19/h1-6,8,10H,7,9H2,(H,16,18). The van der Waals surface area contributed by atoms with Crippen molar-refractivity contribution in [2.75, 3.05) is 11.9 Å². The van der Waals surface area contributed by atoms with E-state index in [1.54, 1.807) is 29.7 Å². The van der Waals surface area contributed by atoms with Gasteiger partial charge in [0.15, 0.2) is 5.13 Å². The number of nitrogens with one attached hydrogen (secondary N) is 1. The summed E-state index contributed by atoms with van der Waals surface area (Å²) in [6.45, 7) is 1.55. The summed E-state index contributed by atoms with van der Waals surface area (Å²) in [7, 11) is 0. The Morgan fingerprint density at radius 3 is 2.85 bits per heavy atom. The second-order valence-electron chi connectivity index (χ2n) is 4.24. The Morgan fingerprint density at radius 1 is 1.25 bits per heavy atom. The van der Waals surface area contributed by atoms with Gasteiger partial charge >= 0.3 is 0 Å². The molecule has 0 spiro atoms. The van der Waals surface area contributed by atoms with Crippen molar-refractivity contribution in [2.45, 2.75) is 6.54 Å². The first-order valence-electron chi connectivity index (χ1n) is 6.24. The summed E-state index contributed by atoms with van der Waals surface area (Å²) in [5, 5.41) is 10.2. The van der Waals surface area contributed by atoms with E-state index in [1.165, 1.54) is 12.1 Å². The molecule has 102 valence electrons. The van der Waals surface area contributed by atoms with Crippen LogP contribution in [-0.4, -0.2) is 21.3 Å². The zero-order valence-corrected chi connectivity index (χ0v) is 11.5. The Morgan fingerprint density at radius 2 is 2.10 bits per heavy atom. The van der Waals surface area contributed by atoms with Gasteiger partial charge in [-0.3, -0.25) is 4.68 Å². The first-order chi connectivity index (χ1) is 9.81. The third-order valence-electron chi connectivity index (χ3n) is 2.82. The summed E-state index contributed by atoms with van der Waals surface area (Å²) in [5.41, 5.74) is 1.78. The molecule has 0 bridgehead atoms. The molecular formula is C14H13FN4S. The van der Waals surface area contributed by atoms with E-state index in [-0.39, 0.29) is 5.82 Å². The van der Waals surface area contributed by atoms with Gasteiger partial charge in [0, 0.05) is 29.9 Å². The van der Waals surface area contributed by atoms with E-state index in [2.05, 4.69) is 15.4 Å². The quantitative estimate of drug-likeness (QED) is 0.783. The molecule has 20 heavy (non-hydrogen) atoms. The number of nitrogens with zero attached hydrogens (tertiary/aromatic N) is 3. The first kappa shape index (κ1) is 12.8. The van der Waals surface area contributed by atoms with Crippen LogP contribution in [0, 0.1) is 5.82 Å². The van der Waals surface area contributed by atoms with Gasteiger partial charge in [-0.1, -0.05) is 0 Å². The molecule has 3 rings (SSSR count). The van der Waals surface area contributed by atoms with E-state index >= 15 is 0 Å². The van der Waals surface area contributed by atoms with Gasteiger partial charge in [-0.2, -0.15) is 5.10 Å². The number of anilines is 1. The van der Waals surface area contributed by atoms with Crippen LogP contribution >= 0.6 is 11.3 Å². The third-order valence-corrected chi connectivity index (χ3v) is 3.62. The summed E-state index contributed by atoms with van der Waals surface area (Å²) in [6, 6.07) is 8.25. The lowest BCUT2D eigenvalue weighted by molar-refractivity contribution is 0.628. The maximum Gasteiger partial charge on any atom is 0.183 e. The predicted molar refractivity (Wildman–Crippen MR) is 78.2 cm³/mol. The van der Waals surface area contributed by atoms with Gasteiger partial charge in [0.25, 0.3) is 0 Å². The molecule has 0 unspecified atom stereocenters. The van der Waals surface area contributed by atoms with Gasteiger partial charge in [0.05, 0.1) is 12.2 Å². The Labute approximate surface area is 119 Å². The molecule has 0 saturated carbocycles. The third kappa shape index (κ3) is 3.03. The fraction of sp³-hybridized carbons (Fsp3) is 0.143. The van der Waals surface area contributed by atoms with E-state index in [0.717, 1.165) is 29.5 Å². The maximum atomic E-state index is 12.9. The molecule has 0 saturated heterocycles. The zero-order chi connectivity index (χ0) is 13.8. The van der Waals surface area contributed by atoms with Crippen molar-refractivity contribution >= 4 is 16.5 Å². The van der Waals surface area contributed by atoms with Crippen LogP contribution in [0.2, 0.25) is 0 Å². The minimum atomic E-state index is -0.235. The number of rotatable bonds is 5. The molecule has 0 radical (unpaired) electrons. The highest BCUT2D eigenvalue weighted by Gasteiger charge is 2.04. The molecule has 0 amide bonds. The molecule has 0 atom stereocenters. The highest BCUT2D eigenvalue weighted by Crippen LogP contribution is 2.24. The predicted octanol–water partition coefficient (Wildman–Crippen LogP) is 3.26. The average Bonchev–Trinajstić information content (AvgIpc) is 3.11. The van der Waals surface area contributed by atoms with Gasteiger partial charge < -0.3 is 5.32 Å². The molecule has 2 aromatic heterocycles. The Balaban J connectivity index is 1.60. The second kappa shape index (κ2) is 5.83. The average molecular weight is 288 g/mol. The number of thiazole rings is 1. The molecule has 0 aliphatic carbocycles. The summed E-state index contributed by atoms with van der Waals surface area (Å²) in [4.78, 5) is 4.48. The van der Waals surface area contributed by atoms with Gasteiger partial charge in [-0.25, -0.2) is 9.37 Å². The minimum Gasteiger partial charge on any atom is -0.360 e. The van der Waals surface area contributed by atoms with Crippen molar-refractivity contribution < 1.29 is 4.39 Å². The lowest BCUT2D eigenvalue weighted by Gasteiger charge is -2.02. The molecule has 1 N–H and O–H groups in total. The number of aromatic nitrogens is 3. The highest BCUT2D eigenvalue weighted by molar-refractivity contribution is 7.14. The van der Waals surface area contributed by atoms with E-state index < -0.39 is 0 Å². The van der Waals surface area contributed by atoms with Crippen LogP contribution < -0.4 is 5.32 Å². The lowest BCUT2D eigenvalue weighted by atomic mass is 10.2. The zero-order valence-electron chi connectivity index (χ0n) is 10.7. The molecule has 0 aliphatic heterocycles. The van der Waals surface area contributed by atoms with Crippen molar-refractivity contribution in [1.82, 2.24) is 14.8 Å². The molecule has 0 aliphatic rings. The summed E-state index contributed by atoms with van der Waals surface area (Å²) >= 11 is 1.54. The Hall–Kier alpha value is -2.21. The molecule has 4 nitrogen and oxygen atoms in total. The van der Waals surface area contributed by atoms with Crippen molar-refractivity contribution in [3.05, 3.63) is 53.9 Å². The maximum absolute atomic E-state index is 12.9. The van der Waals surface area contributed by atoms with Gasteiger partial charge in [0.1, 0.15) is 5.82 Å². The minimum absolute atomic E-state index is 0.235. The van der Waals surface area contributed by atoms with Crippen LogP contribution in [0.15, 0.2) is 48.1 Å². The Kier molecular flexibility index (Phi) is 3.73. The summed E-state index contributed by atoms with van der Waals surface area (Å²) in [5.74, 6) is -0.235. The molecule has 6 heteroatoms. The van der Waals surface area contributed by atoms with E-state index in [0.29, 0.717) is 0 Å². The number of halogens is 1. The topological polar surface area (TPSA) is 42.7 Å². The van der Waals surface area contributed by atoms with Gasteiger partial charge in [0.2, 0.25) is 0 Å². The van der Waals surface area contributed by atoms with Crippen molar-refractivity contribution in [1.29, 1.82) is 0 Å². The monoisotopic (exact) mass is 288 g/mol. The largest absolute Gasteiger partial charge is 0.360 e. The Bertz CT molecular complexity index is 661. The van der Waals surface area contributed by atoms with Crippen LogP contribution in [0.25, 0.3) is 11.3 Å². The van der Waals surface area contributed by atoms with Crippen LogP contribution in [-0.2, 0) is 6.54 Å². The van der Waals surface area contributed by atoms with Crippen molar-refractivity contribution in [3.8, 4) is 11.3 Å². The molecule has 3 aromatic rings. The summed E-state index contributed by atoms with van der Waals surface area (Å²) in [6.07, 6.45) is 3.68. The number of hydrogen-bond donors (Lipinski definition) is 1. The fourth-order valence-electron chi connectivity index (χ4n) is 1.82. The normalized spacial score (nSPS) is 10.7. The molecule has 0 fully saturated rings. The van der Waals surface area contributed by atoms with E-state index in [1.807, 2.05) is 22.3 Å². The highest BCUT2D eigenvalue weighted by atomic mass is 32.1. The van der Waals surface area contributed by atoms with Gasteiger partial charge in [-0.15, -0.1) is 11.3 Å². The molecular weight excluding hydrogens is 275 g/mol. The van der Waals surface area contributed by atoms with E-state index in [4.69, 9.17) is 0 Å². The SMILES string of the molecule is Fc1ccc(-c2csc(NCCn3cccn3)n2)cc1.